The van der Waals surface area contributed by atoms with Crippen LogP contribution in [0.3, 0.4) is 0 Å². The molecule has 0 aliphatic heterocycles. The first-order valence-electron chi connectivity index (χ1n) is 9.05. The summed E-state index contributed by atoms with van der Waals surface area (Å²) in [5.41, 5.74) is 4.51. The van der Waals surface area contributed by atoms with Gasteiger partial charge in [-0.25, -0.2) is 0 Å². The molecule has 0 saturated carbocycles. The number of tetrazole rings is 1. The number of rotatable bonds is 7. The number of nitrogens with one attached hydrogen (secondary N) is 1. The molecule has 28 heavy (non-hydrogen) atoms. The zero-order chi connectivity index (χ0) is 20.3. The van der Waals surface area contributed by atoms with Crippen molar-refractivity contribution in [1.29, 1.82) is 0 Å². The van der Waals surface area contributed by atoms with Crippen LogP contribution in [-0.2, 0) is 13.2 Å². The molecule has 1 aromatic heterocycles. The standard InChI is InChI=1S/C20H25N5O2S/c1-14-6-8-17(10-15(14)2)25-20(28)24(21-22-25)13-23(3)12-16-7-9-18(26-4)19(11-16)27-5/h6-11H,12-13H2,1-5H3/p+1. The Kier molecular flexibility index (Phi) is 6.11. The van der Waals surface area contributed by atoms with Gasteiger partial charge < -0.3 is 14.4 Å². The molecule has 0 amide bonds. The molecule has 0 spiro atoms. The topological polar surface area (TPSA) is 58.5 Å². The number of nitrogens with zero attached hydrogens (tertiary/aromatic N) is 4. The molecule has 0 fully saturated rings. The Morgan fingerprint density at radius 1 is 0.964 bits per heavy atom. The van der Waals surface area contributed by atoms with Crippen LogP contribution in [0.4, 0.5) is 0 Å². The molecule has 1 unspecified atom stereocenters. The van der Waals surface area contributed by atoms with Crippen LogP contribution in [0.25, 0.3) is 5.69 Å². The van der Waals surface area contributed by atoms with Crippen molar-refractivity contribution in [1.82, 2.24) is 19.8 Å². The molecule has 148 valence electrons. The summed E-state index contributed by atoms with van der Waals surface area (Å²) in [6.07, 6.45) is 0. The predicted octanol–water partition coefficient (Wildman–Crippen LogP) is 2.10. The fourth-order valence-electron chi connectivity index (χ4n) is 3.04. The molecule has 0 aliphatic rings. The monoisotopic (exact) mass is 400 g/mol. The first-order chi connectivity index (χ1) is 13.4. The molecule has 7 nitrogen and oxygen atoms in total. The van der Waals surface area contributed by atoms with Gasteiger partial charge in [-0.15, -0.1) is 0 Å². The zero-order valence-corrected chi connectivity index (χ0v) is 17.7. The summed E-state index contributed by atoms with van der Waals surface area (Å²) in [7, 11) is 5.37. The molecular weight excluding hydrogens is 374 g/mol. The van der Waals surface area contributed by atoms with Crippen LogP contribution < -0.4 is 14.4 Å². The van der Waals surface area contributed by atoms with Crippen LogP contribution in [0.2, 0.25) is 0 Å². The highest BCUT2D eigenvalue weighted by molar-refractivity contribution is 7.71. The summed E-state index contributed by atoms with van der Waals surface area (Å²) in [5.74, 6) is 1.45. The third kappa shape index (κ3) is 4.23. The largest absolute Gasteiger partial charge is 0.493 e. The first-order valence-corrected chi connectivity index (χ1v) is 9.46. The molecular formula is C20H26N5O2S+. The van der Waals surface area contributed by atoms with Gasteiger partial charge in [0, 0.05) is 5.56 Å². The summed E-state index contributed by atoms with van der Waals surface area (Å²) in [6, 6.07) is 12.1. The van der Waals surface area contributed by atoms with E-state index < -0.39 is 0 Å². The lowest BCUT2D eigenvalue weighted by Crippen LogP contribution is -3.07. The van der Waals surface area contributed by atoms with Crippen LogP contribution >= 0.6 is 12.2 Å². The molecule has 0 aliphatic carbocycles. The summed E-state index contributed by atoms with van der Waals surface area (Å²) in [4.78, 5) is 1.22. The molecule has 3 aromatic rings. The number of benzene rings is 2. The smallest absolute Gasteiger partial charge is 0.225 e. The normalized spacial score (nSPS) is 12.0. The molecule has 0 saturated heterocycles. The van der Waals surface area contributed by atoms with E-state index in [2.05, 4.69) is 43.5 Å². The Labute approximate surface area is 170 Å². The van der Waals surface area contributed by atoms with Crippen molar-refractivity contribution in [3.8, 4) is 17.2 Å². The van der Waals surface area contributed by atoms with Gasteiger partial charge in [0.1, 0.15) is 6.54 Å². The van der Waals surface area contributed by atoms with Crippen molar-refractivity contribution in [2.75, 3.05) is 21.3 Å². The average molecular weight is 401 g/mol. The Balaban J connectivity index is 1.74. The Morgan fingerprint density at radius 2 is 1.71 bits per heavy atom. The van der Waals surface area contributed by atoms with E-state index in [0.29, 0.717) is 11.4 Å². The molecule has 1 heterocycles. The minimum absolute atomic E-state index is 0.579. The fraction of sp³-hybridized carbons (Fsp3) is 0.350. The molecule has 0 radical (unpaired) electrons. The maximum atomic E-state index is 5.59. The van der Waals surface area contributed by atoms with Gasteiger partial charge >= 0.3 is 0 Å². The van der Waals surface area contributed by atoms with Crippen molar-refractivity contribution in [2.24, 2.45) is 0 Å². The molecule has 3 rings (SSSR count). The van der Waals surface area contributed by atoms with E-state index in [4.69, 9.17) is 21.7 Å². The number of ether oxygens (including phenoxy) is 2. The van der Waals surface area contributed by atoms with E-state index in [9.17, 15) is 0 Å². The van der Waals surface area contributed by atoms with Crippen molar-refractivity contribution in [2.45, 2.75) is 27.1 Å². The van der Waals surface area contributed by atoms with Gasteiger partial charge in [-0.2, -0.15) is 9.36 Å². The number of aromatic nitrogens is 4. The van der Waals surface area contributed by atoms with Gasteiger partial charge in [-0.3, -0.25) is 0 Å². The van der Waals surface area contributed by atoms with E-state index in [1.54, 1.807) is 23.6 Å². The summed E-state index contributed by atoms with van der Waals surface area (Å²) in [6.45, 7) is 5.56. The van der Waals surface area contributed by atoms with Gasteiger partial charge in [-0.05, 0) is 78.0 Å². The van der Waals surface area contributed by atoms with Crippen molar-refractivity contribution >= 4 is 12.2 Å². The molecule has 1 N–H and O–H groups in total. The number of aryl methyl sites for hydroxylation is 2. The summed E-state index contributed by atoms with van der Waals surface area (Å²) >= 11 is 5.59. The number of hydrogen-bond donors (Lipinski definition) is 1. The zero-order valence-electron chi connectivity index (χ0n) is 16.9. The van der Waals surface area contributed by atoms with Gasteiger partial charge in [0.25, 0.3) is 0 Å². The van der Waals surface area contributed by atoms with Gasteiger partial charge in [0.2, 0.25) is 4.77 Å². The second kappa shape index (κ2) is 8.53. The fourth-order valence-corrected chi connectivity index (χ4v) is 3.29. The third-order valence-electron chi connectivity index (χ3n) is 4.75. The van der Waals surface area contributed by atoms with E-state index in [1.165, 1.54) is 16.0 Å². The number of methoxy groups -OCH3 is 2. The average Bonchev–Trinajstić information content (AvgIpc) is 3.04. The van der Waals surface area contributed by atoms with E-state index in [0.717, 1.165) is 29.3 Å². The van der Waals surface area contributed by atoms with Crippen LogP contribution in [0.1, 0.15) is 16.7 Å². The van der Waals surface area contributed by atoms with E-state index >= 15 is 0 Å². The SMILES string of the molecule is COc1ccc(C[NH+](C)Cn2nnn(-c3ccc(C)c(C)c3)c2=S)cc1OC. The second-order valence-corrected chi connectivity index (χ2v) is 7.29. The maximum Gasteiger partial charge on any atom is 0.225 e. The van der Waals surface area contributed by atoms with Gasteiger partial charge in [0.15, 0.2) is 18.2 Å². The van der Waals surface area contributed by atoms with Crippen molar-refractivity contribution < 1.29 is 14.4 Å². The lowest BCUT2D eigenvalue weighted by molar-refractivity contribution is -0.917. The number of quaternary nitrogens is 1. The molecule has 8 heteroatoms. The summed E-state index contributed by atoms with van der Waals surface area (Å²) in [5, 5.41) is 8.49. The quantitative estimate of drug-likeness (QED) is 0.616. The maximum absolute atomic E-state index is 5.59. The highest BCUT2D eigenvalue weighted by Gasteiger charge is 2.13. The lowest BCUT2D eigenvalue weighted by atomic mass is 10.1. The Bertz CT molecular complexity index is 1030. The minimum Gasteiger partial charge on any atom is -0.493 e. The molecule has 2 aromatic carbocycles. The van der Waals surface area contributed by atoms with Crippen LogP contribution in [0.5, 0.6) is 11.5 Å². The predicted molar refractivity (Wildman–Crippen MR) is 110 cm³/mol. The van der Waals surface area contributed by atoms with E-state index in [-0.39, 0.29) is 0 Å². The van der Waals surface area contributed by atoms with Crippen LogP contribution in [0.15, 0.2) is 36.4 Å². The van der Waals surface area contributed by atoms with Crippen molar-refractivity contribution in [3.05, 3.63) is 57.9 Å². The van der Waals surface area contributed by atoms with Gasteiger partial charge in [0.05, 0.1) is 27.0 Å². The minimum atomic E-state index is 0.579. The van der Waals surface area contributed by atoms with Crippen LogP contribution in [-0.4, -0.2) is 41.1 Å². The molecule has 1 atom stereocenters. The van der Waals surface area contributed by atoms with Gasteiger partial charge in [-0.1, -0.05) is 6.07 Å². The van der Waals surface area contributed by atoms with Crippen LogP contribution in [0, 0.1) is 18.6 Å². The second-order valence-electron chi connectivity index (χ2n) is 6.92. The third-order valence-corrected chi connectivity index (χ3v) is 5.13. The highest BCUT2D eigenvalue weighted by Crippen LogP contribution is 2.27. The Hall–Kier alpha value is -2.71. The Morgan fingerprint density at radius 3 is 2.39 bits per heavy atom. The molecule has 0 bridgehead atoms. The lowest BCUT2D eigenvalue weighted by Gasteiger charge is -2.15. The van der Waals surface area contributed by atoms with E-state index in [1.807, 2.05) is 24.3 Å². The van der Waals surface area contributed by atoms with Crippen molar-refractivity contribution in [3.63, 3.8) is 0 Å². The number of hydrogen-bond acceptors (Lipinski definition) is 5. The first kappa shape index (κ1) is 20.0. The summed E-state index contributed by atoms with van der Waals surface area (Å²) < 4.78 is 14.7. The highest BCUT2D eigenvalue weighted by atomic mass is 32.1.